The third-order valence-corrected chi connectivity index (χ3v) is 3.87. The first-order valence-electron chi connectivity index (χ1n) is 6.00. The molecule has 0 saturated carbocycles. The van der Waals surface area contributed by atoms with Crippen LogP contribution >= 0.6 is 0 Å². The molecule has 0 aliphatic carbocycles. The number of phenols is 1. The van der Waals surface area contributed by atoms with Gasteiger partial charge < -0.3 is 15.1 Å². The Morgan fingerprint density at radius 3 is 2.94 bits per heavy atom. The van der Waals surface area contributed by atoms with Gasteiger partial charge in [0.15, 0.2) is 0 Å². The molecule has 1 fully saturated rings. The third-order valence-electron chi connectivity index (χ3n) is 3.87. The third kappa shape index (κ3) is 1.47. The van der Waals surface area contributed by atoms with Crippen molar-refractivity contribution in [1.82, 2.24) is 0 Å². The van der Waals surface area contributed by atoms with E-state index in [4.69, 9.17) is 0 Å². The maximum atomic E-state index is 11.3. The van der Waals surface area contributed by atoms with Gasteiger partial charge >= 0.3 is 5.97 Å². The molecule has 3 rings (SSSR count). The topological polar surface area (TPSA) is 60.8 Å². The molecular formula is C13H15NO3. The molecule has 1 saturated heterocycles. The van der Waals surface area contributed by atoms with E-state index in [1.54, 1.807) is 12.1 Å². The van der Waals surface area contributed by atoms with E-state index in [9.17, 15) is 15.0 Å². The molecule has 4 nitrogen and oxygen atoms in total. The molecule has 1 aromatic carbocycles. The van der Waals surface area contributed by atoms with Gasteiger partial charge in [-0.15, -0.1) is 0 Å². The highest BCUT2D eigenvalue weighted by atomic mass is 16.4. The number of hydrogen-bond acceptors (Lipinski definition) is 3. The van der Waals surface area contributed by atoms with Gasteiger partial charge in [0.25, 0.3) is 0 Å². The summed E-state index contributed by atoms with van der Waals surface area (Å²) in [5.41, 5.74) is 1.81. The molecule has 0 bridgehead atoms. The highest BCUT2D eigenvalue weighted by molar-refractivity contribution is 5.81. The second kappa shape index (κ2) is 3.65. The fourth-order valence-corrected chi connectivity index (χ4v) is 3.14. The van der Waals surface area contributed by atoms with E-state index >= 15 is 0 Å². The first-order valence-corrected chi connectivity index (χ1v) is 6.00. The van der Waals surface area contributed by atoms with Crippen LogP contribution in [0.15, 0.2) is 18.2 Å². The summed E-state index contributed by atoms with van der Waals surface area (Å²) in [7, 11) is 0. The van der Waals surface area contributed by atoms with E-state index in [1.165, 1.54) is 0 Å². The second-order valence-electron chi connectivity index (χ2n) is 4.82. The molecule has 0 radical (unpaired) electrons. The normalized spacial score (nSPS) is 26.5. The average Bonchev–Trinajstić information content (AvgIpc) is 2.69. The number of carboxylic acid groups (broad SMARTS) is 1. The standard InChI is InChI=1S/C13H15NO3/c15-12-6-2-4-10-9(12)7-8-3-1-5-11(13(16)17)14(8)10/h2,4,6,8,11,15H,1,3,5,7H2,(H,16,17). The van der Waals surface area contributed by atoms with Gasteiger partial charge in [0.05, 0.1) is 0 Å². The fourth-order valence-electron chi connectivity index (χ4n) is 3.14. The zero-order chi connectivity index (χ0) is 12.0. The summed E-state index contributed by atoms with van der Waals surface area (Å²) in [6.45, 7) is 0. The van der Waals surface area contributed by atoms with Crippen LogP contribution in [-0.2, 0) is 11.2 Å². The fraction of sp³-hybridized carbons (Fsp3) is 0.462. The number of piperidine rings is 1. The molecule has 2 unspecified atom stereocenters. The van der Waals surface area contributed by atoms with Crippen molar-refractivity contribution in [3.8, 4) is 5.75 Å². The highest BCUT2D eigenvalue weighted by Gasteiger charge is 2.40. The van der Waals surface area contributed by atoms with Crippen molar-refractivity contribution in [2.75, 3.05) is 4.90 Å². The predicted octanol–water partition coefficient (Wildman–Crippen LogP) is 1.76. The van der Waals surface area contributed by atoms with Crippen LogP contribution in [0.3, 0.4) is 0 Å². The minimum Gasteiger partial charge on any atom is -0.508 e. The van der Waals surface area contributed by atoms with Crippen molar-refractivity contribution in [3.63, 3.8) is 0 Å². The SMILES string of the molecule is O=C(O)C1CCCC2Cc3c(O)cccc3N21. The Bertz CT molecular complexity index is 472. The van der Waals surface area contributed by atoms with E-state index < -0.39 is 12.0 Å². The van der Waals surface area contributed by atoms with E-state index in [0.717, 1.165) is 30.5 Å². The number of carboxylic acids is 1. The first kappa shape index (κ1) is 10.4. The smallest absolute Gasteiger partial charge is 0.326 e. The number of rotatable bonds is 1. The van der Waals surface area contributed by atoms with Gasteiger partial charge in [0.1, 0.15) is 11.8 Å². The summed E-state index contributed by atoms with van der Waals surface area (Å²) in [4.78, 5) is 13.3. The van der Waals surface area contributed by atoms with Gasteiger partial charge in [-0.3, -0.25) is 0 Å². The molecule has 2 aliphatic heterocycles. The molecule has 0 aromatic heterocycles. The molecular weight excluding hydrogens is 218 g/mol. The van der Waals surface area contributed by atoms with Crippen molar-refractivity contribution < 1.29 is 15.0 Å². The van der Waals surface area contributed by atoms with Crippen LogP contribution in [0.4, 0.5) is 5.69 Å². The quantitative estimate of drug-likeness (QED) is 0.776. The largest absolute Gasteiger partial charge is 0.508 e. The minimum absolute atomic E-state index is 0.244. The highest BCUT2D eigenvalue weighted by Crippen LogP contribution is 2.43. The summed E-state index contributed by atoms with van der Waals surface area (Å²) in [6.07, 6.45) is 3.43. The van der Waals surface area contributed by atoms with Crippen molar-refractivity contribution in [2.45, 2.75) is 37.8 Å². The van der Waals surface area contributed by atoms with Crippen LogP contribution in [0, 0.1) is 0 Å². The average molecular weight is 233 g/mol. The molecule has 0 spiro atoms. The van der Waals surface area contributed by atoms with Crippen LogP contribution in [0.5, 0.6) is 5.75 Å². The summed E-state index contributed by atoms with van der Waals surface area (Å²) in [5, 5.41) is 19.1. The van der Waals surface area contributed by atoms with Gasteiger partial charge in [-0.2, -0.15) is 0 Å². The Kier molecular flexibility index (Phi) is 2.24. The molecule has 4 heteroatoms. The minimum atomic E-state index is -0.758. The number of phenolic OH excluding ortho intramolecular Hbond substituents is 1. The molecule has 90 valence electrons. The number of benzene rings is 1. The molecule has 2 aliphatic rings. The molecule has 1 aromatic rings. The van der Waals surface area contributed by atoms with Gasteiger partial charge in [-0.05, 0) is 37.8 Å². The number of nitrogens with zero attached hydrogens (tertiary/aromatic N) is 1. The van der Waals surface area contributed by atoms with Crippen molar-refractivity contribution in [1.29, 1.82) is 0 Å². The van der Waals surface area contributed by atoms with Crippen molar-refractivity contribution in [2.24, 2.45) is 0 Å². The van der Waals surface area contributed by atoms with Crippen molar-refractivity contribution >= 4 is 11.7 Å². The van der Waals surface area contributed by atoms with Crippen LogP contribution in [0.2, 0.25) is 0 Å². The maximum absolute atomic E-state index is 11.3. The van der Waals surface area contributed by atoms with Crippen LogP contribution < -0.4 is 4.90 Å². The van der Waals surface area contributed by atoms with E-state index in [2.05, 4.69) is 0 Å². The number of hydrogen-bond donors (Lipinski definition) is 2. The van der Waals surface area contributed by atoms with Gasteiger partial charge in [0, 0.05) is 17.3 Å². The Morgan fingerprint density at radius 1 is 1.35 bits per heavy atom. The van der Waals surface area contributed by atoms with Crippen LogP contribution in [0.1, 0.15) is 24.8 Å². The number of aromatic hydroxyl groups is 1. The Hall–Kier alpha value is -1.71. The monoisotopic (exact) mass is 233 g/mol. The van der Waals surface area contributed by atoms with Crippen LogP contribution in [-0.4, -0.2) is 28.3 Å². The van der Waals surface area contributed by atoms with Gasteiger partial charge in [-0.25, -0.2) is 4.79 Å². The van der Waals surface area contributed by atoms with Gasteiger partial charge in [-0.1, -0.05) is 6.07 Å². The molecule has 2 N–H and O–H groups in total. The number of carbonyl (C=O) groups is 1. The predicted molar refractivity (Wildman–Crippen MR) is 63.4 cm³/mol. The zero-order valence-electron chi connectivity index (χ0n) is 9.47. The lowest BCUT2D eigenvalue weighted by atomic mass is 9.96. The van der Waals surface area contributed by atoms with Crippen LogP contribution in [0.25, 0.3) is 0 Å². The first-order chi connectivity index (χ1) is 8.18. The van der Waals surface area contributed by atoms with E-state index in [0.29, 0.717) is 12.2 Å². The Balaban J connectivity index is 2.06. The molecule has 17 heavy (non-hydrogen) atoms. The summed E-state index contributed by atoms with van der Waals surface area (Å²) in [5.74, 6) is -0.466. The summed E-state index contributed by atoms with van der Waals surface area (Å²) in [6, 6.07) is 5.18. The number of aliphatic carboxylic acids is 1. The number of fused-ring (bicyclic) bond motifs is 3. The lowest BCUT2D eigenvalue weighted by Crippen LogP contribution is -2.48. The number of anilines is 1. The van der Waals surface area contributed by atoms with Gasteiger partial charge in [0.2, 0.25) is 0 Å². The summed E-state index contributed by atoms with van der Waals surface area (Å²) < 4.78 is 0. The maximum Gasteiger partial charge on any atom is 0.326 e. The van der Waals surface area contributed by atoms with E-state index in [1.807, 2.05) is 11.0 Å². The Labute approximate surface area is 99.5 Å². The lowest BCUT2D eigenvalue weighted by Gasteiger charge is -2.37. The van der Waals surface area contributed by atoms with Crippen molar-refractivity contribution in [3.05, 3.63) is 23.8 Å². The Morgan fingerprint density at radius 2 is 2.18 bits per heavy atom. The molecule has 2 atom stereocenters. The second-order valence-corrected chi connectivity index (χ2v) is 4.82. The lowest BCUT2D eigenvalue weighted by molar-refractivity contribution is -0.139. The summed E-state index contributed by atoms with van der Waals surface area (Å²) >= 11 is 0. The molecule has 0 amide bonds. The molecule has 2 heterocycles. The van der Waals surface area contributed by atoms with E-state index in [-0.39, 0.29) is 6.04 Å². The zero-order valence-corrected chi connectivity index (χ0v) is 9.47.